The van der Waals surface area contributed by atoms with Crippen LogP contribution >= 0.6 is 0 Å². The second kappa shape index (κ2) is 6.57. The van der Waals surface area contributed by atoms with Crippen LogP contribution in [0.2, 0.25) is 0 Å². The van der Waals surface area contributed by atoms with Crippen LogP contribution in [0, 0.1) is 0 Å². The number of benzene rings is 1. The Kier molecular flexibility index (Phi) is 3.93. The van der Waals surface area contributed by atoms with Gasteiger partial charge in [-0.25, -0.2) is 0 Å². The summed E-state index contributed by atoms with van der Waals surface area (Å²) in [7, 11) is 0. The number of hydrogen-bond acceptors (Lipinski definition) is 3. The first kappa shape index (κ1) is 18.0. The van der Waals surface area contributed by atoms with Crippen LogP contribution < -0.4 is 5.56 Å². The van der Waals surface area contributed by atoms with Gasteiger partial charge in [-0.1, -0.05) is 18.2 Å². The van der Waals surface area contributed by atoms with Crippen molar-refractivity contribution in [1.82, 2.24) is 14.9 Å². The Bertz CT molecular complexity index is 1210. The molecule has 1 aliphatic carbocycles. The van der Waals surface area contributed by atoms with E-state index in [0.29, 0.717) is 19.7 Å². The number of aryl methyl sites for hydroxylation is 2. The molecule has 0 unspecified atom stereocenters. The number of hydrogen-bond donors (Lipinski definition) is 2. The molecule has 0 bridgehead atoms. The second-order valence-corrected chi connectivity index (χ2v) is 8.78. The van der Waals surface area contributed by atoms with Gasteiger partial charge >= 0.3 is 0 Å². The summed E-state index contributed by atoms with van der Waals surface area (Å²) in [5.41, 5.74) is 5.45. The third-order valence-corrected chi connectivity index (χ3v) is 7.18. The molecule has 0 atom stereocenters. The number of nitrogens with one attached hydrogen (secondary N) is 2. The number of ether oxygens (including phenoxy) is 1. The van der Waals surface area contributed by atoms with Crippen LogP contribution in [0.4, 0.5) is 0 Å². The van der Waals surface area contributed by atoms with Crippen molar-refractivity contribution in [2.24, 2.45) is 0 Å². The van der Waals surface area contributed by atoms with Crippen molar-refractivity contribution in [3.63, 3.8) is 0 Å². The van der Waals surface area contributed by atoms with Crippen LogP contribution in [0.5, 0.6) is 0 Å². The minimum absolute atomic E-state index is 0.159. The number of amides is 1. The van der Waals surface area contributed by atoms with Gasteiger partial charge < -0.3 is 19.6 Å². The van der Waals surface area contributed by atoms with Crippen LogP contribution in [0.3, 0.4) is 0 Å². The van der Waals surface area contributed by atoms with Crippen molar-refractivity contribution in [3.05, 3.63) is 68.8 Å². The summed E-state index contributed by atoms with van der Waals surface area (Å²) in [6.07, 6.45) is 5.26. The summed E-state index contributed by atoms with van der Waals surface area (Å²) in [4.78, 5) is 34.0. The summed E-state index contributed by atoms with van der Waals surface area (Å²) in [5, 5.41) is 1.28. The van der Waals surface area contributed by atoms with E-state index in [0.717, 1.165) is 55.3 Å². The monoisotopic (exact) mass is 403 g/mol. The summed E-state index contributed by atoms with van der Waals surface area (Å²) in [5.74, 6) is -0.159. The maximum absolute atomic E-state index is 13.1. The predicted octanol–water partition coefficient (Wildman–Crippen LogP) is 3.05. The van der Waals surface area contributed by atoms with Crippen LogP contribution in [-0.2, 0) is 29.6 Å². The number of H-pyrrole nitrogens is 2. The predicted molar refractivity (Wildman–Crippen MR) is 114 cm³/mol. The van der Waals surface area contributed by atoms with Gasteiger partial charge in [-0.3, -0.25) is 9.59 Å². The van der Waals surface area contributed by atoms with E-state index in [1.165, 1.54) is 16.6 Å². The maximum atomic E-state index is 13.1. The molecule has 1 amide bonds. The minimum Gasteiger partial charge on any atom is -0.368 e. The van der Waals surface area contributed by atoms with Gasteiger partial charge in [-0.15, -0.1) is 0 Å². The fraction of sp³-hybridized carbons (Fsp3) is 0.417. The summed E-state index contributed by atoms with van der Waals surface area (Å²) >= 11 is 0. The normalized spacial score (nSPS) is 19.8. The molecule has 2 aromatic heterocycles. The molecule has 6 rings (SSSR count). The highest BCUT2D eigenvalue weighted by atomic mass is 16.5. The molecule has 30 heavy (non-hydrogen) atoms. The van der Waals surface area contributed by atoms with E-state index in [-0.39, 0.29) is 22.6 Å². The third-order valence-electron chi connectivity index (χ3n) is 7.18. The fourth-order valence-electron chi connectivity index (χ4n) is 5.58. The molecular weight excluding hydrogens is 378 g/mol. The van der Waals surface area contributed by atoms with Gasteiger partial charge in [-0.05, 0) is 61.8 Å². The first-order chi connectivity index (χ1) is 14.6. The molecule has 1 spiro atoms. The lowest BCUT2D eigenvalue weighted by molar-refractivity contribution is -0.0957. The van der Waals surface area contributed by atoms with Gasteiger partial charge in [-0.2, -0.15) is 0 Å². The molecule has 6 heteroatoms. The minimum atomic E-state index is -0.367. The van der Waals surface area contributed by atoms with Gasteiger partial charge in [0.1, 0.15) is 11.2 Å². The second-order valence-electron chi connectivity index (χ2n) is 8.78. The third kappa shape index (κ3) is 2.59. The van der Waals surface area contributed by atoms with E-state index < -0.39 is 0 Å². The van der Waals surface area contributed by atoms with Gasteiger partial charge in [0.15, 0.2) is 0 Å². The van der Waals surface area contributed by atoms with Crippen molar-refractivity contribution in [2.45, 2.75) is 44.1 Å². The van der Waals surface area contributed by atoms with Gasteiger partial charge in [0.05, 0.1) is 12.3 Å². The molecule has 0 radical (unpaired) electrons. The fourth-order valence-corrected chi connectivity index (χ4v) is 5.58. The molecule has 2 N–H and O–H groups in total. The molecule has 154 valence electrons. The first-order valence-corrected chi connectivity index (χ1v) is 10.9. The van der Waals surface area contributed by atoms with E-state index in [9.17, 15) is 9.59 Å². The standard InChI is InChI=1S/C24H25N3O3/c28-22-18(14-15-4-3-7-19(15)26-22)23(29)27-11-9-24(10-12-27)21-17(8-13-30-24)16-5-1-2-6-20(16)25-21/h1-2,5-6,14,25H,3-4,7-13H2,(H,26,28). The topological polar surface area (TPSA) is 78.2 Å². The van der Waals surface area contributed by atoms with E-state index in [1.807, 2.05) is 17.0 Å². The van der Waals surface area contributed by atoms with Crippen molar-refractivity contribution in [1.29, 1.82) is 0 Å². The Balaban J connectivity index is 1.27. The van der Waals surface area contributed by atoms with Crippen molar-refractivity contribution >= 4 is 16.8 Å². The molecular formula is C24H25N3O3. The zero-order valence-electron chi connectivity index (χ0n) is 16.9. The Morgan fingerprint density at radius 2 is 1.90 bits per heavy atom. The van der Waals surface area contributed by atoms with Crippen LogP contribution in [-0.4, -0.2) is 40.5 Å². The Labute approximate surface area is 174 Å². The van der Waals surface area contributed by atoms with Crippen LogP contribution in [0.25, 0.3) is 10.9 Å². The number of aromatic nitrogens is 2. The molecule has 3 aliphatic rings. The lowest BCUT2D eigenvalue weighted by atomic mass is 9.83. The van der Waals surface area contributed by atoms with Crippen LogP contribution in [0.1, 0.15) is 52.1 Å². The molecule has 4 heterocycles. The number of carbonyl (C=O) groups excluding carboxylic acids is 1. The van der Waals surface area contributed by atoms with Crippen molar-refractivity contribution in [2.75, 3.05) is 19.7 Å². The zero-order valence-corrected chi connectivity index (χ0v) is 16.9. The van der Waals surface area contributed by atoms with E-state index in [4.69, 9.17) is 4.74 Å². The molecule has 6 nitrogen and oxygen atoms in total. The zero-order chi connectivity index (χ0) is 20.3. The first-order valence-electron chi connectivity index (χ1n) is 10.9. The number of fused-ring (bicyclic) bond motifs is 5. The smallest absolute Gasteiger partial charge is 0.261 e. The summed E-state index contributed by atoms with van der Waals surface area (Å²) < 4.78 is 6.34. The summed E-state index contributed by atoms with van der Waals surface area (Å²) in [6.45, 7) is 1.88. The molecule has 2 aliphatic heterocycles. The highest BCUT2D eigenvalue weighted by molar-refractivity contribution is 5.94. The Morgan fingerprint density at radius 3 is 2.77 bits per heavy atom. The van der Waals surface area contributed by atoms with Crippen LogP contribution in [0.15, 0.2) is 35.1 Å². The Hall–Kier alpha value is -2.86. The molecule has 0 saturated carbocycles. The number of rotatable bonds is 1. The molecule has 1 aromatic carbocycles. The van der Waals surface area contributed by atoms with Gasteiger partial charge in [0.25, 0.3) is 11.5 Å². The number of likely N-dealkylation sites (tertiary alicyclic amines) is 1. The van der Waals surface area contributed by atoms with E-state index >= 15 is 0 Å². The maximum Gasteiger partial charge on any atom is 0.261 e. The lowest BCUT2D eigenvalue weighted by Gasteiger charge is -2.43. The average molecular weight is 403 g/mol. The number of para-hydroxylation sites is 1. The quantitative estimate of drug-likeness (QED) is 0.656. The molecule has 3 aromatic rings. The number of carbonyl (C=O) groups is 1. The number of pyridine rings is 1. The molecule has 1 saturated heterocycles. The van der Waals surface area contributed by atoms with Gasteiger partial charge in [0, 0.05) is 29.7 Å². The number of nitrogens with zero attached hydrogens (tertiary/aromatic N) is 1. The Morgan fingerprint density at radius 1 is 1.07 bits per heavy atom. The SMILES string of the molecule is O=C(c1cc2c([nH]c1=O)CCC2)N1CCC2(CC1)OCCc1c2[nH]c2ccccc12. The van der Waals surface area contributed by atoms with Gasteiger partial charge in [0.2, 0.25) is 0 Å². The highest BCUT2D eigenvalue weighted by Crippen LogP contribution is 2.43. The number of aromatic amines is 2. The van der Waals surface area contributed by atoms with E-state index in [2.05, 4.69) is 28.2 Å². The molecule has 1 fully saturated rings. The average Bonchev–Trinajstić information content (AvgIpc) is 3.38. The highest BCUT2D eigenvalue weighted by Gasteiger charge is 2.43. The van der Waals surface area contributed by atoms with Crippen molar-refractivity contribution in [3.8, 4) is 0 Å². The largest absolute Gasteiger partial charge is 0.368 e. The number of piperidine rings is 1. The van der Waals surface area contributed by atoms with E-state index in [1.54, 1.807) is 0 Å². The lowest BCUT2D eigenvalue weighted by Crippen LogP contribution is -2.49. The van der Waals surface area contributed by atoms with Crippen molar-refractivity contribution < 1.29 is 9.53 Å². The summed E-state index contributed by atoms with van der Waals surface area (Å²) in [6, 6.07) is 10.2.